The van der Waals surface area contributed by atoms with E-state index in [0.29, 0.717) is 5.69 Å². The third-order valence-electron chi connectivity index (χ3n) is 2.88. The average molecular weight is 286 g/mol. The highest BCUT2D eigenvalue weighted by atomic mass is 16.4. The van der Waals surface area contributed by atoms with E-state index in [1.54, 1.807) is 30.3 Å². The second kappa shape index (κ2) is 6.51. The molecule has 2 N–H and O–H groups in total. The molecule has 108 valence electrons. The predicted octanol–water partition coefficient (Wildman–Crippen LogP) is 1.50. The number of amides is 1. The Bertz CT molecular complexity index is 694. The number of nitrogens with zero attached hydrogens (tertiary/aromatic N) is 1. The zero-order valence-corrected chi connectivity index (χ0v) is 11.2. The molecule has 0 spiro atoms. The van der Waals surface area contributed by atoms with Gasteiger partial charge in [0, 0.05) is 30.1 Å². The molecule has 0 saturated carbocycles. The molecule has 1 heterocycles. The lowest BCUT2D eigenvalue weighted by Crippen LogP contribution is -2.33. The summed E-state index contributed by atoms with van der Waals surface area (Å²) < 4.78 is 0. The molecular weight excluding hydrogens is 272 g/mol. The van der Waals surface area contributed by atoms with Crippen molar-refractivity contribution in [1.29, 1.82) is 0 Å². The fraction of sp³-hybridized carbons (Fsp3) is 0.133. The van der Waals surface area contributed by atoms with Crippen LogP contribution >= 0.6 is 0 Å². The van der Waals surface area contributed by atoms with Gasteiger partial charge in [0.25, 0.3) is 5.91 Å². The number of carbonyl (C=O) groups excluding carboxylic acids is 1. The summed E-state index contributed by atoms with van der Waals surface area (Å²) in [5, 5.41) is 8.81. The number of carboxylic acids is 1. The molecule has 0 aliphatic rings. The van der Waals surface area contributed by atoms with Gasteiger partial charge < -0.3 is 15.0 Å². The lowest BCUT2D eigenvalue weighted by Gasteiger charge is -2.22. The van der Waals surface area contributed by atoms with E-state index in [2.05, 4.69) is 4.98 Å². The lowest BCUT2D eigenvalue weighted by atomic mass is 10.2. The van der Waals surface area contributed by atoms with E-state index >= 15 is 0 Å². The first-order valence-electron chi connectivity index (χ1n) is 6.35. The number of rotatable bonds is 5. The van der Waals surface area contributed by atoms with Crippen molar-refractivity contribution >= 4 is 17.6 Å². The first-order valence-corrected chi connectivity index (χ1v) is 6.35. The van der Waals surface area contributed by atoms with E-state index in [-0.39, 0.29) is 24.1 Å². The number of hydrogen-bond acceptors (Lipinski definition) is 3. The molecular formula is C15H14N2O4. The highest BCUT2D eigenvalue weighted by molar-refractivity contribution is 6.06. The number of H-pyrrole nitrogens is 1. The minimum Gasteiger partial charge on any atom is -0.481 e. The maximum Gasteiger partial charge on any atom is 0.305 e. The van der Waals surface area contributed by atoms with Crippen LogP contribution < -0.4 is 10.5 Å². The van der Waals surface area contributed by atoms with Crippen LogP contribution in [0.15, 0.2) is 53.5 Å². The number of nitrogens with one attached hydrogen (secondary N) is 1. The summed E-state index contributed by atoms with van der Waals surface area (Å²) in [5.74, 6) is -1.40. The molecule has 0 aliphatic carbocycles. The smallest absolute Gasteiger partial charge is 0.305 e. The molecule has 0 aliphatic heterocycles. The van der Waals surface area contributed by atoms with Crippen molar-refractivity contribution in [3.05, 3.63) is 64.6 Å². The molecule has 0 atom stereocenters. The molecule has 2 rings (SSSR count). The topological polar surface area (TPSA) is 90.5 Å². The summed E-state index contributed by atoms with van der Waals surface area (Å²) in [7, 11) is 0. The summed E-state index contributed by atoms with van der Waals surface area (Å²) >= 11 is 0. The Labute approximate surface area is 120 Å². The Kier molecular flexibility index (Phi) is 4.50. The molecule has 0 radical (unpaired) electrons. The van der Waals surface area contributed by atoms with Crippen LogP contribution in [0, 0.1) is 0 Å². The number of anilines is 1. The van der Waals surface area contributed by atoms with Gasteiger partial charge in [0.1, 0.15) is 0 Å². The van der Waals surface area contributed by atoms with Crippen molar-refractivity contribution in [2.45, 2.75) is 6.42 Å². The number of aromatic nitrogens is 1. The number of pyridine rings is 1. The number of para-hydroxylation sites is 1. The Balaban J connectivity index is 2.32. The average Bonchev–Trinajstić information content (AvgIpc) is 2.48. The normalized spacial score (nSPS) is 10.1. The third kappa shape index (κ3) is 3.79. The number of aliphatic carboxylic acids is 1. The van der Waals surface area contributed by atoms with Crippen molar-refractivity contribution in [2.24, 2.45) is 0 Å². The number of hydrogen-bond donors (Lipinski definition) is 2. The molecule has 6 nitrogen and oxygen atoms in total. The highest BCUT2D eigenvalue weighted by Gasteiger charge is 2.18. The van der Waals surface area contributed by atoms with E-state index in [4.69, 9.17) is 5.11 Å². The SMILES string of the molecule is O=C(O)CCN(C(=O)c1cc[nH]c(=O)c1)c1ccccc1. The van der Waals surface area contributed by atoms with Crippen LogP contribution in [0.3, 0.4) is 0 Å². The van der Waals surface area contributed by atoms with Gasteiger partial charge >= 0.3 is 5.97 Å². The van der Waals surface area contributed by atoms with E-state index in [1.807, 2.05) is 0 Å². The van der Waals surface area contributed by atoms with E-state index in [9.17, 15) is 14.4 Å². The molecule has 2 aromatic rings. The summed E-state index contributed by atoms with van der Waals surface area (Å²) in [6.45, 7) is 0.0327. The second-order valence-electron chi connectivity index (χ2n) is 4.38. The standard InChI is InChI=1S/C15H14N2O4/c18-13-10-11(6-8-16-13)15(21)17(9-7-14(19)20)12-4-2-1-3-5-12/h1-6,8,10H,7,9H2,(H,16,18)(H,19,20). The van der Waals surface area contributed by atoms with Gasteiger partial charge in [-0.1, -0.05) is 18.2 Å². The number of benzene rings is 1. The summed E-state index contributed by atoms with van der Waals surface area (Å²) in [6.07, 6.45) is 1.21. The monoisotopic (exact) mass is 286 g/mol. The Hall–Kier alpha value is -2.89. The second-order valence-corrected chi connectivity index (χ2v) is 4.38. The van der Waals surface area contributed by atoms with Gasteiger partial charge in [-0.25, -0.2) is 0 Å². The Morgan fingerprint density at radius 3 is 2.48 bits per heavy atom. The molecule has 0 bridgehead atoms. The third-order valence-corrected chi connectivity index (χ3v) is 2.88. The Morgan fingerprint density at radius 1 is 1.14 bits per heavy atom. The summed E-state index contributed by atoms with van der Waals surface area (Å²) in [6, 6.07) is 11.4. The van der Waals surface area contributed by atoms with E-state index in [0.717, 1.165) is 0 Å². The van der Waals surface area contributed by atoms with Crippen LogP contribution in [-0.2, 0) is 4.79 Å². The predicted molar refractivity (Wildman–Crippen MR) is 77.4 cm³/mol. The number of carboxylic acid groups (broad SMARTS) is 1. The molecule has 0 saturated heterocycles. The minimum atomic E-state index is -0.991. The largest absolute Gasteiger partial charge is 0.481 e. The lowest BCUT2D eigenvalue weighted by molar-refractivity contribution is -0.136. The van der Waals surface area contributed by atoms with E-state index in [1.165, 1.54) is 23.2 Å². The fourth-order valence-corrected chi connectivity index (χ4v) is 1.90. The van der Waals surface area contributed by atoms with Crippen LogP contribution in [0.4, 0.5) is 5.69 Å². The van der Waals surface area contributed by atoms with Crippen molar-refractivity contribution < 1.29 is 14.7 Å². The maximum atomic E-state index is 12.5. The maximum absolute atomic E-state index is 12.5. The molecule has 21 heavy (non-hydrogen) atoms. The minimum absolute atomic E-state index is 0.0327. The first kappa shape index (κ1) is 14.5. The van der Waals surface area contributed by atoms with E-state index < -0.39 is 11.9 Å². The van der Waals surface area contributed by atoms with Crippen LogP contribution in [-0.4, -0.2) is 28.5 Å². The molecule has 6 heteroatoms. The quantitative estimate of drug-likeness (QED) is 0.871. The first-order chi connectivity index (χ1) is 10.1. The molecule has 1 amide bonds. The summed E-state index contributed by atoms with van der Waals surface area (Å²) in [4.78, 5) is 38.3. The molecule has 0 fully saturated rings. The van der Waals surface area contributed by atoms with Gasteiger partial charge in [0.05, 0.1) is 6.42 Å². The van der Waals surface area contributed by atoms with Gasteiger partial charge in [-0.2, -0.15) is 0 Å². The van der Waals surface area contributed by atoms with Gasteiger partial charge in [-0.05, 0) is 18.2 Å². The molecule has 1 aromatic carbocycles. The fourth-order valence-electron chi connectivity index (χ4n) is 1.90. The van der Waals surface area contributed by atoms with Crippen molar-refractivity contribution in [1.82, 2.24) is 4.98 Å². The van der Waals surface area contributed by atoms with Gasteiger partial charge in [0.2, 0.25) is 5.56 Å². The van der Waals surface area contributed by atoms with Crippen molar-refractivity contribution in [2.75, 3.05) is 11.4 Å². The van der Waals surface area contributed by atoms with Crippen LogP contribution in [0.5, 0.6) is 0 Å². The van der Waals surface area contributed by atoms with Crippen LogP contribution in [0.25, 0.3) is 0 Å². The highest BCUT2D eigenvalue weighted by Crippen LogP contribution is 2.16. The Morgan fingerprint density at radius 2 is 1.86 bits per heavy atom. The number of aromatic amines is 1. The van der Waals surface area contributed by atoms with Gasteiger partial charge in [-0.3, -0.25) is 14.4 Å². The van der Waals surface area contributed by atoms with Crippen LogP contribution in [0.1, 0.15) is 16.8 Å². The van der Waals surface area contributed by atoms with Crippen molar-refractivity contribution in [3.63, 3.8) is 0 Å². The van der Waals surface area contributed by atoms with Crippen LogP contribution in [0.2, 0.25) is 0 Å². The zero-order chi connectivity index (χ0) is 15.2. The van der Waals surface area contributed by atoms with Gasteiger partial charge in [0.15, 0.2) is 0 Å². The van der Waals surface area contributed by atoms with Gasteiger partial charge in [-0.15, -0.1) is 0 Å². The molecule has 0 unspecified atom stereocenters. The zero-order valence-electron chi connectivity index (χ0n) is 11.2. The van der Waals surface area contributed by atoms with Crippen molar-refractivity contribution in [3.8, 4) is 0 Å². The number of carbonyl (C=O) groups is 2. The summed E-state index contributed by atoms with van der Waals surface area (Å²) in [5.41, 5.74) is 0.420. The molecule has 1 aromatic heterocycles.